The molecular formula is C13H21N5O2. The monoisotopic (exact) mass is 279 g/mol. The quantitative estimate of drug-likeness (QED) is 0.814. The number of aliphatic hydroxyl groups is 1. The zero-order chi connectivity index (χ0) is 14.7. The van der Waals surface area contributed by atoms with E-state index in [0.717, 1.165) is 11.9 Å². The van der Waals surface area contributed by atoms with E-state index in [-0.39, 0.29) is 5.69 Å². The third-order valence-electron chi connectivity index (χ3n) is 3.26. The van der Waals surface area contributed by atoms with Crippen LogP contribution in [0.25, 0.3) is 11.2 Å². The van der Waals surface area contributed by atoms with Crippen molar-refractivity contribution in [2.75, 3.05) is 11.9 Å². The highest BCUT2D eigenvalue weighted by atomic mass is 16.3. The maximum absolute atomic E-state index is 12.1. The van der Waals surface area contributed by atoms with Crippen LogP contribution >= 0.6 is 0 Å². The molecule has 110 valence electrons. The smallest absolute Gasteiger partial charge is 0.351 e. The first-order chi connectivity index (χ1) is 9.58. The predicted molar refractivity (Wildman–Crippen MR) is 77.8 cm³/mol. The van der Waals surface area contributed by atoms with Crippen LogP contribution in [-0.4, -0.2) is 36.9 Å². The van der Waals surface area contributed by atoms with Crippen LogP contribution in [0.2, 0.25) is 0 Å². The predicted octanol–water partition coefficient (Wildman–Crippen LogP) is 0.723. The van der Waals surface area contributed by atoms with Gasteiger partial charge >= 0.3 is 5.69 Å². The Bertz CT molecular complexity index is 646. The molecule has 0 aliphatic heterocycles. The van der Waals surface area contributed by atoms with Gasteiger partial charge in [-0.15, -0.1) is 0 Å². The summed E-state index contributed by atoms with van der Waals surface area (Å²) in [5.41, 5.74) is 1.09. The number of hydrogen-bond donors (Lipinski definition) is 2. The lowest BCUT2D eigenvalue weighted by Crippen LogP contribution is -2.27. The Balaban J connectivity index is 2.47. The molecular weight excluding hydrogens is 258 g/mol. The molecule has 0 radical (unpaired) electrons. The Labute approximate surface area is 117 Å². The van der Waals surface area contributed by atoms with Crippen LogP contribution < -0.4 is 11.0 Å². The molecule has 7 heteroatoms. The van der Waals surface area contributed by atoms with Gasteiger partial charge in [0.15, 0.2) is 11.5 Å². The van der Waals surface area contributed by atoms with Crippen molar-refractivity contribution in [1.29, 1.82) is 0 Å². The molecule has 0 saturated heterocycles. The van der Waals surface area contributed by atoms with Gasteiger partial charge in [-0.2, -0.15) is 4.98 Å². The molecule has 2 aromatic heterocycles. The summed E-state index contributed by atoms with van der Waals surface area (Å²) in [6, 6.07) is 0. The van der Waals surface area contributed by atoms with Crippen LogP contribution in [-0.2, 0) is 13.6 Å². The summed E-state index contributed by atoms with van der Waals surface area (Å²) in [5.74, 6) is 0.477. The van der Waals surface area contributed by atoms with Crippen molar-refractivity contribution >= 4 is 17.0 Å². The summed E-state index contributed by atoms with van der Waals surface area (Å²) in [4.78, 5) is 20.4. The first-order valence-electron chi connectivity index (χ1n) is 6.92. The maximum atomic E-state index is 12.1. The molecule has 0 spiro atoms. The lowest BCUT2D eigenvalue weighted by Gasteiger charge is -2.13. The van der Waals surface area contributed by atoms with E-state index < -0.39 is 6.10 Å². The first kappa shape index (κ1) is 14.5. The average Bonchev–Trinajstić information content (AvgIpc) is 2.82. The number of aliphatic hydroxyl groups excluding tert-OH is 1. The highest BCUT2D eigenvalue weighted by molar-refractivity contribution is 5.83. The minimum Gasteiger partial charge on any atom is -0.391 e. The van der Waals surface area contributed by atoms with Crippen molar-refractivity contribution in [2.45, 2.75) is 39.3 Å². The van der Waals surface area contributed by atoms with Gasteiger partial charge in [-0.1, -0.05) is 13.8 Å². The SMILES string of the molecule is CCCn1c(=O)nc(NCC(O)CC)c2c1ncn2C. The van der Waals surface area contributed by atoms with Crippen LogP contribution in [0.15, 0.2) is 11.1 Å². The number of nitrogens with one attached hydrogen (secondary N) is 1. The maximum Gasteiger partial charge on any atom is 0.351 e. The number of aromatic nitrogens is 4. The van der Waals surface area contributed by atoms with E-state index in [1.165, 1.54) is 0 Å². The standard InChI is InChI=1S/C13H21N5O2/c1-4-6-18-12-10(17(3)8-15-12)11(16-13(18)20)14-7-9(19)5-2/h8-9,19H,4-7H2,1-3H3,(H,14,16,20). The number of fused-ring (bicyclic) bond motifs is 1. The highest BCUT2D eigenvalue weighted by Gasteiger charge is 2.14. The minimum absolute atomic E-state index is 0.313. The Morgan fingerprint density at radius 3 is 2.85 bits per heavy atom. The third kappa shape index (κ3) is 2.67. The Kier molecular flexibility index (Phi) is 4.39. The number of hydrogen-bond acceptors (Lipinski definition) is 5. The number of anilines is 1. The van der Waals surface area contributed by atoms with Crippen LogP contribution in [0.4, 0.5) is 5.82 Å². The van der Waals surface area contributed by atoms with E-state index in [0.29, 0.717) is 31.0 Å². The number of rotatable bonds is 6. The molecule has 0 aliphatic carbocycles. The summed E-state index contributed by atoms with van der Waals surface area (Å²) >= 11 is 0. The van der Waals surface area contributed by atoms with Gasteiger partial charge in [0.25, 0.3) is 0 Å². The zero-order valence-electron chi connectivity index (χ0n) is 12.1. The van der Waals surface area contributed by atoms with E-state index >= 15 is 0 Å². The summed E-state index contributed by atoms with van der Waals surface area (Å²) < 4.78 is 3.41. The van der Waals surface area contributed by atoms with Crippen molar-refractivity contribution in [3.63, 3.8) is 0 Å². The second kappa shape index (κ2) is 6.04. The van der Waals surface area contributed by atoms with Gasteiger partial charge in [-0.25, -0.2) is 9.78 Å². The number of aryl methyl sites for hydroxylation is 2. The van der Waals surface area contributed by atoms with Crippen LogP contribution in [0.3, 0.4) is 0 Å². The highest BCUT2D eigenvalue weighted by Crippen LogP contribution is 2.18. The molecule has 0 fully saturated rings. The van der Waals surface area contributed by atoms with E-state index in [2.05, 4.69) is 15.3 Å². The molecule has 2 heterocycles. The van der Waals surface area contributed by atoms with E-state index in [9.17, 15) is 9.90 Å². The van der Waals surface area contributed by atoms with Crippen molar-refractivity contribution in [3.8, 4) is 0 Å². The minimum atomic E-state index is -0.460. The molecule has 1 unspecified atom stereocenters. The molecule has 7 nitrogen and oxygen atoms in total. The van der Waals surface area contributed by atoms with Crippen molar-refractivity contribution in [3.05, 3.63) is 16.8 Å². The van der Waals surface area contributed by atoms with Crippen molar-refractivity contribution in [1.82, 2.24) is 19.1 Å². The number of nitrogens with zero attached hydrogens (tertiary/aromatic N) is 4. The van der Waals surface area contributed by atoms with Crippen LogP contribution in [0.5, 0.6) is 0 Å². The summed E-state index contributed by atoms with van der Waals surface area (Å²) in [5, 5.41) is 12.7. The second-order valence-corrected chi connectivity index (χ2v) is 4.87. The molecule has 1 atom stereocenters. The summed E-state index contributed by atoms with van der Waals surface area (Å²) in [6.07, 6.45) is 2.70. The van der Waals surface area contributed by atoms with Gasteiger partial charge < -0.3 is 15.0 Å². The fraction of sp³-hybridized carbons (Fsp3) is 0.615. The van der Waals surface area contributed by atoms with Crippen molar-refractivity contribution < 1.29 is 5.11 Å². The molecule has 0 saturated carbocycles. The normalized spacial score (nSPS) is 12.8. The average molecular weight is 279 g/mol. The molecule has 2 rings (SSSR count). The molecule has 0 aliphatic rings. The molecule has 0 bridgehead atoms. The summed E-state index contributed by atoms with van der Waals surface area (Å²) in [7, 11) is 1.86. The van der Waals surface area contributed by atoms with Gasteiger partial charge in [0.05, 0.1) is 12.4 Å². The van der Waals surface area contributed by atoms with Gasteiger partial charge in [-0.05, 0) is 12.8 Å². The fourth-order valence-electron chi connectivity index (χ4n) is 2.10. The fourth-order valence-corrected chi connectivity index (χ4v) is 2.10. The van der Waals surface area contributed by atoms with Gasteiger partial charge in [0.1, 0.15) is 5.52 Å². The number of imidazole rings is 1. The first-order valence-corrected chi connectivity index (χ1v) is 6.92. The molecule has 0 aromatic carbocycles. The largest absolute Gasteiger partial charge is 0.391 e. The summed E-state index contributed by atoms with van der Waals surface area (Å²) in [6.45, 7) is 4.86. The van der Waals surface area contributed by atoms with Gasteiger partial charge in [0, 0.05) is 20.1 Å². The van der Waals surface area contributed by atoms with Gasteiger partial charge in [0.2, 0.25) is 0 Å². The molecule has 20 heavy (non-hydrogen) atoms. The Morgan fingerprint density at radius 1 is 1.45 bits per heavy atom. The van der Waals surface area contributed by atoms with E-state index in [4.69, 9.17) is 0 Å². The Morgan fingerprint density at radius 2 is 2.20 bits per heavy atom. The zero-order valence-corrected chi connectivity index (χ0v) is 12.1. The van der Waals surface area contributed by atoms with E-state index in [1.807, 2.05) is 25.5 Å². The third-order valence-corrected chi connectivity index (χ3v) is 3.26. The molecule has 2 N–H and O–H groups in total. The molecule has 0 amide bonds. The van der Waals surface area contributed by atoms with Crippen LogP contribution in [0, 0.1) is 0 Å². The lowest BCUT2D eigenvalue weighted by molar-refractivity contribution is 0.183. The van der Waals surface area contributed by atoms with Crippen molar-refractivity contribution in [2.24, 2.45) is 7.05 Å². The second-order valence-electron chi connectivity index (χ2n) is 4.87. The van der Waals surface area contributed by atoms with Crippen LogP contribution in [0.1, 0.15) is 26.7 Å². The van der Waals surface area contributed by atoms with E-state index in [1.54, 1.807) is 10.9 Å². The van der Waals surface area contributed by atoms with Gasteiger partial charge in [-0.3, -0.25) is 4.57 Å². The Hall–Kier alpha value is -1.89. The topological polar surface area (TPSA) is 85.0 Å². The lowest BCUT2D eigenvalue weighted by atomic mass is 10.3. The molecule has 2 aromatic rings.